The van der Waals surface area contributed by atoms with E-state index in [0.29, 0.717) is 10.6 Å². The molecule has 0 fully saturated rings. The minimum absolute atomic E-state index is 0.0577. The van der Waals surface area contributed by atoms with E-state index in [1.807, 2.05) is 6.92 Å². The highest BCUT2D eigenvalue weighted by atomic mass is 35.5. The van der Waals surface area contributed by atoms with E-state index < -0.39 is 5.82 Å². The van der Waals surface area contributed by atoms with Crippen LogP contribution >= 0.6 is 23.2 Å². The van der Waals surface area contributed by atoms with Crippen molar-refractivity contribution in [2.45, 2.75) is 38.6 Å². The second-order valence-electron chi connectivity index (χ2n) is 4.94. The van der Waals surface area contributed by atoms with E-state index in [-0.39, 0.29) is 11.1 Å². The first-order valence-corrected chi connectivity index (χ1v) is 7.40. The number of benzene rings is 1. The molecular weight excluding hydrogens is 284 g/mol. The lowest BCUT2D eigenvalue weighted by Crippen LogP contribution is -2.21. The highest BCUT2D eigenvalue weighted by Gasteiger charge is 2.16. The molecule has 0 heterocycles. The summed E-state index contributed by atoms with van der Waals surface area (Å²) in [6.07, 6.45) is 7.03. The normalized spacial score (nSPS) is 16.5. The van der Waals surface area contributed by atoms with Gasteiger partial charge in [-0.3, -0.25) is 0 Å². The lowest BCUT2D eigenvalue weighted by molar-refractivity contribution is 0.564. The van der Waals surface area contributed by atoms with Crippen molar-refractivity contribution in [1.82, 2.24) is 5.32 Å². The van der Waals surface area contributed by atoms with Gasteiger partial charge in [0, 0.05) is 16.6 Å². The molecule has 1 aromatic carbocycles. The fraction of sp³-hybridized carbons (Fsp3) is 0.467. The summed E-state index contributed by atoms with van der Waals surface area (Å²) in [5.41, 5.74) is 2.15. The summed E-state index contributed by atoms with van der Waals surface area (Å²) in [7, 11) is 0. The zero-order chi connectivity index (χ0) is 13.8. The highest BCUT2D eigenvalue weighted by molar-refractivity contribution is 6.36. The van der Waals surface area contributed by atoms with Crippen molar-refractivity contribution in [3.05, 3.63) is 45.2 Å². The second kappa shape index (κ2) is 6.74. The van der Waals surface area contributed by atoms with Crippen LogP contribution in [0.3, 0.4) is 0 Å². The number of hydrogen-bond acceptors (Lipinski definition) is 1. The smallest absolute Gasteiger partial charge is 0.142 e. The van der Waals surface area contributed by atoms with E-state index in [1.54, 1.807) is 6.07 Å². The van der Waals surface area contributed by atoms with Gasteiger partial charge in [0.1, 0.15) is 5.82 Å². The molecule has 0 aromatic heterocycles. The van der Waals surface area contributed by atoms with Crippen LogP contribution in [0.4, 0.5) is 4.39 Å². The van der Waals surface area contributed by atoms with Crippen LogP contribution in [-0.2, 0) is 0 Å². The number of nitrogens with one attached hydrogen (secondary N) is 1. The third-order valence-electron chi connectivity index (χ3n) is 3.54. The summed E-state index contributed by atoms with van der Waals surface area (Å²) in [5.74, 6) is -0.423. The average Bonchev–Trinajstić information content (AvgIpc) is 2.87. The summed E-state index contributed by atoms with van der Waals surface area (Å²) in [4.78, 5) is 0. The van der Waals surface area contributed by atoms with Gasteiger partial charge in [-0.2, -0.15) is 0 Å². The highest BCUT2D eigenvalue weighted by Crippen LogP contribution is 2.32. The lowest BCUT2D eigenvalue weighted by atomic mass is 10.1. The van der Waals surface area contributed by atoms with Crippen LogP contribution < -0.4 is 5.32 Å². The Balaban J connectivity index is 1.95. The molecule has 0 saturated carbocycles. The van der Waals surface area contributed by atoms with Crippen molar-refractivity contribution >= 4 is 23.2 Å². The molecule has 0 spiro atoms. The summed E-state index contributed by atoms with van der Waals surface area (Å²) >= 11 is 12.1. The fourth-order valence-corrected chi connectivity index (χ4v) is 3.15. The lowest BCUT2D eigenvalue weighted by Gasteiger charge is -2.17. The molecule has 0 bridgehead atoms. The summed E-state index contributed by atoms with van der Waals surface area (Å²) < 4.78 is 13.5. The van der Waals surface area contributed by atoms with Gasteiger partial charge in [0.2, 0.25) is 0 Å². The molecule has 1 nitrogen and oxygen atoms in total. The monoisotopic (exact) mass is 301 g/mol. The summed E-state index contributed by atoms with van der Waals surface area (Å²) in [5, 5.41) is 3.98. The van der Waals surface area contributed by atoms with E-state index in [9.17, 15) is 4.39 Å². The van der Waals surface area contributed by atoms with Crippen LogP contribution in [-0.4, -0.2) is 6.54 Å². The quantitative estimate of drug-likeness (QED) is 0.576. The van der Waals surface area contributed by atoms with Gasteiger partial charge in [0.15, 0.2) is 0 Å². The van der Waals surface area contributed by atoms with Gasteiger partial charge in [0.25, 0.3) is 0 Å². The van der Waals surface area contributed by atoms with Gasteiger partial charge in [0.05, 0.1) is 5.02 Å². The Bertz CT molecular complexity index is 485. The molecule has 0 radical (unpaired) electrons. The third-order valence-corrected chi connectivity index (χ3v) is 4.26. The van der Waals surface area contributed by atoms with E-state index in [4.69, 9.17) is 23.2 Å². The van der Waals surface area contributed by atoms with E-state index in [0.717, 1.165) is 13.0 Å². The Labute approximate surface area is 123 Å². The largest absolute Gasteiger partial charge is 0.310 e. The van der Waals surface area contributed by atoms with E-state index in [1.165, 1.54) is 30.9 Å². The molecule has 0 saturated heterocycles. The van der Waals surface area contributed by atoms with Crippen LogP contribution in [0, 0.1) is 5.82 Å². The number of rotatable bonds is 5. The minimum atomic E-state index is -0.423. The van der Waals surface area contributed by atoms with Gasteiger partial charge in [-0.1, -0.05) is 34.9 Å². The fourth-order valence-electron chi connectivity index (χ4n) is 2.46. The number of hydrogen-bond donors (Lipinski definition) is 1. The van der Waals surface area contributed by atoms with Gasteiger partial charge >= 0.3 is 0 Å². The SMILES string of the molecule is CC(NCCC1=CCCC1)c1c(Cl)ccc(F)c1Cl. The van der Waals surface area contributed by atoms with Crippen molar-refractivity contribution in [3.8, 4) is 0 Å². The maximum atomic E-state index is 13.5. The third kappa shape index (κ3) is 3.71. The van der Waals surface area contributed by atoms with Crippen LogP contribution in [0.5, 0.6) is 0 Å². The van der Waals surface area contributed by atoms with Crippen molar-refractivity contribution in [1.29, 1.82) is 0 Å². The Morgan fingerprint density at radius 1 is 1.37 bits per heavy atom. The zero-order valence-corrected chi connectivity index (χ0v) is 12.5. The van der Waals surface area contributed by atoms with Crippen molar-refractivity contribution < 1.29 is 4.39 Å². The zero-order valence-electron chi connectivity index (χ0n) is 11.0. The van der Waals surface area contributed by atoms with Crippen LogP contribution in [0.15, 0.2) is 23.8 Å². The van der Waals surface area contributed by atoms with E-state index in [2.05, 4.69) is 11.4 Å². The molecule has 0 aliphatic heterocycles. The second-order valence-corrected chi connectivity index (χ2v) is 5.72. The molecular formula is C15H18Cl2FN. The first kappa shape index (κ1) is 14.8. The number of allylic oxidation sites excluding steroid dienone is 1. The minimum Gasteiger partial charge on any atom is -0.310 e. The molecule has 1 aliphatic carbocycles. The Kier molecular flexibility index (Phi) is 5.26. The van der Waals surface area contributed by atoms with Gasteiger partial charge < -0.3 is 5.32 Å². The maximum absolute atomic E-state index is 13.5. The molecule has 1 N–H and O–H groups in total. The van der Waals surface area contributed by atoms with Crippen molar-refractivity contribution in [2.24, 2.45) is 0 Å². The molecule has 1 atom stereocenters. The van der Waals surface area contributed by atoms with Crippen LogP contribution in [0.1, 0.15) is 44.2 Å². The first-order valence-electron chi connectivity index (χ1n) is 6.64. The van der Waals surface area contributed by atoms with Crippen LogP contribution in [0.25, 0.3) is 0 Å². The summed E-state index contributed by atoms with van der Waals surface area (Å²) in [6, 6.07) is 2.79. The summed E-state index contributed by atoms with van der Waals surface area (Å²) in [6.45, 7) is 2.81. The Morgan fingerprint density at radius 2 is 2.16 bits per heavy atom. The van der Waals surface area contributed by atoms with Crippen molar-refractivity contribution in [2.75, 3.05) is 6.54 Å². The van der Waals surface area contributed by atoms with E-state index >= 15 is 0 Å². The first-order chi connectivity index (χ1) is 9.09. The molecule has 1 aromatic rings. The van der Waals surface area contributed by atoms with Gasteiger partial charge in [-0.15, -0.1) is 0 Å². The van der Waals surface area contributed by atoms with Gasteiger partial charge in [-0.25, -0.2) is 4.39 Å². The Morgan fingerprint density at radius 3 is 2.84 bits per heavy atom. The molecule has 1 aliphatic rings. The molecule has 19 heavy (non-hydrogen) atoms. The van der Waals surface area contributed by atoms with Crippen LogP contribution in [0.2, 0.25) is 10.0 Å². The maximum Gasteiger partial charge on any atom is 0.142 e. The number of halogens is 3. The topological polar surface area (TPSA) is 12.0 Å². The average molecular weight is 302 g/mol. The molecule has 1 unspecified atom stereocenters. The molecule has 104 valence electrons. The molecule has 2 rings (SSSR count). The predicted octanol–water partition coefficient (Wildman–Crippen LogP) is 5.28. The standard InChI is InChI=1S/C15H18Cl2FN/c1-10(19-9-8-11-4-2-3-5-11)14-12(16)6-7-13(18)15(14)17/h4,6-7,10,19H,2-3,5,8-9H2,1H3. The molecule has 0 amide bonds. The predicted molar refractivity (Wildman–Crippen MR) is 79.4 cm³/mol. The molecule has 4 heteroatoms. The Hall–Kier alpha value is -0.570. The van der Waals surface area contributed by atoms with Gasteiger partial charge in [-0.05, 0) is 51.3 Å². The van der Waals surface area contributed by atoms with Crippen molar-refractivity contribution in [3.63, 3.8) is 0 Å².